The van der Waals surface area contributed by atoms with Crippen molar-refractivity contribution in [2.75, 3.05) is 12.4 Å². The van der Waals surface area contributed by atoms with E-state index in [1.54, 1.807) is 0 Å². The van der Waals surface area contributed by atoms with Crippen molar-refractivity contribution in [1.29, 1.82) is 0 Å². The predicted octanol–water partition coefficient (Wildman–Crippen LogP) is -0.0924. The Balaban J connectivity index is 3.29. The molecule has 4 N–H and O–H groups in total. The van der Waals surface area contributed by atoms with Gasteiger partial charge in [-0.2, -0.15) is 0 Å². The van der Waals surface area contributed by atoms with Crippen LogP contribution in [0.5, 0.6) is 0 Å². The zero-order valence-electron chi connectivity index (χ0n) is 5.47. The lowest BCUT2D eigenvalue weighted by Crippen LogP contribution is -2.14. The van der Waals surface area contributed by atoms with Gasteiger partial charge in [0.25, 0.3) is 0 Å². The molecular formula is C3H8NO5PS. The summed E-state index contributed by atoms with van der Waals surface area (Å²) in [4.78, 5) is 26.5. The summed E-state index contributed by atoms with van der Waals surface area (Å²) in [5.41, 5.74) is 4.58. The van der Waals surface area contributed by atoms with E-state index in [1.165, 1.54) is 0 Å². The van der Waals surface area contributed by atoms with Gasteiger partial charge in [0.15, 0.2) is 0 Å². The monoisotopic (exact) mass is 201 g/mol. The van der Waals surface area contributed by atoms with Crippen LogP contribution in [-0.2, 0) is 9.30 Å². The number of amides is 1. The lowest BCUT2D eigenvalue weighted by Gasteiger charge is -2.02. The fourth-order valence-corrected chi connectivity index (χ4v) is 1.63. The Kier molecular flexibility index (Phi) is 4.51. The third kappa shape index (κ3) is 9.77. The van der Waals surface area contributed by atoms with Gasteiger partial charge in [-0.3, -0.25) is 0 Å². The molecule has 0 aliphatic carbocycles. The molecule has 11 heavy (non-hydrogen) atoms. The van der Waals surface area contributed by atoms with Gasteiger partial charge in [0.2, 0.25) is 0 Å². The molecule has 1 amide bonds. The smallest absolute Gasteiger partial charge is 0.404 e. The maximum Gasteiger partial charge on any atom is 0.404 e. The van der Waals surface area contributed by atoms with Crippen molar-refractivity contribution < 1.29 is 23.9 Å². The van der Waals surface area contributed by atoms with Crippen molar-refractivity contribution in [3.63, 3.8) is 0 Å². The molecule has 0 aromatic heterocycles. The highest BCUT2D eigenvalue weighted by atomic mass is 32.7. The highest BCUT2D eigenvalue weighted by Crippen LogP contribution is 2.49. The fourth-order valence-electron chi connectivity index (χ4n) is 0.298. The summed E-state index contributed by atoms with van der Waals surface area (Å²) in [6, 6.07) is 0. The minimum atomic E-state index is -4.04. The number of nitrogens with two attached hydrogens (primary N) is 1. The number of carbonyl (C=O) groups excluding carboxylic acids is 1. The second kappa shape index (κ2) is 4.61. The van der Waals surface area contributed by atoms with E-state index >= 15 is 0 Å². The maximum atomic E-state index is 10.2. The Hall–Kier alpha value is -0.230. The second-order valence-corrected chi connectivity index (χ2v) is 5.34. The van der Waals surface area contributed by atoms with Gasteiger partial charge in [0, 0.05) is 5.75 Å². The average Bonchev–Trinajstić information content (AvgIpc) is 1.78. The predicted molar refractivity (Wildman–Crippen MR) is 40.0 cm³/mol. The molecule has 0 heterocycles. The molecule has 0 radical (unpaired) electrons. The second-order valence-electron chi connectivity index (χ2n) is 1.49. The van der Waals surface area contributed by atoms with Crippen molar-refractivity contribution in [3.05, 3.63) is 0 Å². The van der Waals surface area contributed by atoms with Crippen LogP contribution in [0.4, 0.5) is 4.79 Å². The Morgan fingerprint density at radius 3 is 2.55 bits per heavy atom. The first-order valence-electron chi connectivity index (χ1n) is 2.54. The molecule has 0 aliphatic rings. The number of hydrogen-bond acceptors (Lipinski definition) is 4. The van der Waals surface area contributed by atoms with E-state index in [0.29, 0.717) is 11.4 Å². The first kappa shape index (κ1) is 10.8. The Morgan fingerprint density at radius 2 is 2.18 bits per heavy atom. The van der Waals surface area contributed by atoms with Crippen LogP contribution in [0.3, 0.4) is 0 Å². The zero-order valence-corrected chi connectivity index (χ0v) is 7.18. The SMILES string of the molecule is NC(=O)OCCSP(=O)(O)O. The molecular weight excluding hydrogens is 193 g/mol. The van der Waals surface area contributed by atoms with Crippen LogP contribution in [-0.4, -0.2) is 28.2 Å². The van der Waals surface area contributed by atoms with Crippen molar-refractivity contribution >= 4 is 24.3 Å². The molecule has 0 saturated heterocycles. The van der Waals surface area contributed by atoms with E-state index in [-0.39, 0.29) is 12.4 Å². The van der Waals surface area contributed by atoms with E-state index in [0.717, 1.165) is 0 Å². The molecule has 0 aromatic rings. The molecule has 0 fully saturated rings. The molecule has 8 heteroatoms. The molecule has 66 valence electrons. The Labute approximate surface area is 67.0 Å². The lowest BCUT2D eigenvalue weighted by molar-refractivity contribution is 0.164. The zero-order chi connectivity index (χ0) is 8.91. The van der Waals surface area contributed by atoms with Gasteiger partial charge in [-0.1, -0.05) is 0 Å². The van der Waals surface area contributed by atoms with E-state index in [2.05, 4.69) is 10.5 Å². The minimum Gasteiger partial charge on any atom is -0.449 e. The van der Waals surface area contributed by atoms with Crippen LogP contribution in [0.25, 0.3) is 0 Å². The van der Waals surface area contributed by atoms with Crippen molar-refractivity contribution in [2.45, 2.75) is 0 Å². The van der Waals surface area contributed by atoms with Gasteiger partial charge >= 0.3 is 12.9 Å². The lowest BCUT2D eigenvalue weighted by atomic mass is 10.9. The standard InChI is InChI=1S/C3H8NO5PS/c4-3(5)9-1-2-11-10(6,7)8/h1-2H2,(H2,4,5)(H2,6,7,8). The molecule has 0 saturated carbocycles. The molecule has 0 spiro atoms. The largest absolute Gasteiger partial charge is 0.449 e. The average molecular weight is 201 g/mol. The first-order valence-corrected chi connectivity index (χ1v) is 5.74. The Morgan fingerprint density at radius 1 is 1.64 bits per heavy atom. The maximum absolute atomic E-state index is 10.2. The van der Waals surface area contributed by atoms with Crippen LogP contribution in [0, 0.1) is 0 Å². The van der Waals surface area contributed by atoms with Crippen molar-refractivity contribution in [2.24, 2.45) is 5.73 Å². The fraction of sp³-hybridized carbons (Fsp3) is 0.667. The highest BCUT2D eigenvalue weighted by molar-refractivity contribution is 8.54. The summed E-state index contributed by atoms with van der Waals surface area (Å²) in [7, 11) is 0. The summed E-state index contributed by atoms with van der Waals surface area (Å²) >= 11 is 0.409. The third-order valence-electron chi connectivity index (χ3n) is 0.587. The number of carbonyl (C=O) groups is 1. The van der Waals surface area contributed by atoms with Crippen LogP contribution >= 0.6 is 18.2 Å². The summed E-state index contributed by atoms with van der Waals surface area (Å²) in [6.45, 7) is -4.13. The summed E-state index contributed by atoms with van der Waals surface area (Å²) in [5.74, 6) is 0.0349. The van der Waals surface area contributed by atoms with Crippen LogP contribution in [0.15, 0.2) is 0 Å². The minimum absolute atomic E-state index is 0.0349. The van der Waals surface area contributed by atoms with E-state index in [9.17, 15) is 9.36 Å². The van der Waals surface area contributed by atoms with E-state index in [1.807, 2.05) is 0 Å². The summed E-state index contributed by atoms with van der Waals surface area (Å²) in [6.07, 6.45) is -0.948. The van der Waals surface area contributed by atoms with E-state index < -0.39 is 12.9 Å². The van der Waals surface area contributed by atoms with Crippen LogP contribution in [0.2, 0.25) is 0 Å². The van der Waals surface area contributed by atoms with Gasteiger partial charge < -0.3 is 20.3 Å². The molecule has 0 rings (SSSR count). The van der Waals surface area contributed by atoms with Crippen molar-refractivity contribution in [3.8, 4) is 0 Å². The Bertz CT molecular complexity index is 179. The number of ether oxygens (including phenoxy) is 1. The van der Waals surface area contributed by atoms with Gasteiger partial charge in [-0.15, -0.1) is 0 Å². The third-order valence-corrected chi connectivity index (χ3v) is 2.83. The molecule has 0 aromatic carbocycles. The normalized spacial score (nSPS) is 11.1. The van der Waals surface area contributed by atoms with Crippen LogP contribution < -0.4 is 5.73 Å². The molecule has 0 bridgehead atoms. The number of rotatable bonds is 4. The molecule has 6 nitrogen and oxygen atoms in total. The van der Waals surface area contributed by atoms with Gasteiger partial charge in [0.1, 0.15) is 6.61 Å². The van der Waals surface area contributed by atoms with Gasteiger partial charge in [0.05, 0.1) is 0 Å². The van der Waals surface area contributed by atoms with Crippen LogP contribution in [0.1, 0.15) is 0 Å². The van der Waals surface area contributed by atoms with Gasteiger partial charge in [-0.05, 0) is 11.4 Å². The number of primary amides is 1. The molecule has 0 unspecified atom stereocenters. The first-order chi connectivity index (χ1) is 4.92. The quantitative estimate of drug-likeness (QED) is 0.433. The number of hydrogen-bond donors (Lipinski definition) is 3. The summed E-state index contributed by atoms with van der Waals surface area (Å²) in [5, 5.41) is 0. The van der Waals surface area contributed by atoms with Gasteiger partial charge in [-0.25, -0.2) is 9.36 Å². The summed E-state index contributed by atoms with van der Waals surface area (Å²) < 4.78 is 14.4. The molecule has 0 aliphatic heterocycles. The van der Waals surface area contributed by atoms with Crippen molar-refractivity contribution in [1.82, 2.24) is 0 Å². The topological polar surface area (TPSA) is 110 Å². The molecule has 0 atom stereocenters. The van der Waals surface area contributed by atoms with E-state index in [4.69, 9.17) is 9.79 Å². The highest BCUT2D eigenvalue weighted by Gasteiger charge is 2.12.